The molecule has 0 aromatic carbocycles. The highest BCUT2D eigenvalue weighted by Gasteiger charge is 2.51. The van der Waals surface area contributed by atoms with Crippen LogP contribution >= 0.6 is 0 Å². The van der Waals surface area contributed by atoms with Crippen molar-refractivity contribution in [2.75, 3.05) is 33.4 Å². The molecule has 4 heteroatoms. The molecule has 1 N–H and O–H groups in total. The minimum Gasteiger partial charge on any atom is -0.469 e. The Labute approximate surface area is 77.6 Å². The van der Waals surface area contributed by atoms with Gasteiger partial charge in [0.1, 0.15) is 0 Å². The molecule has 0 aromatic heterocycles. The van der Waals surface area contributed by atoms with E-state index in [2.05, 4.69) is 5.32 Å². The molecule has 0 unspecified atom stereocenters. The first kappa shape index (κ1) is 8.97. The second kappa shape index (κ2) is 3.27. The number of rotatable bonds is 1. The summed E-state index contributed by atoms with van der Waals surface area (Å²) in [7, 11) is 1.46. The summed E-state index contributed by atoms with van der Waals surface area (Å²) in [6, 6.07) is 0. The molecule has 2 atom stereocenters. The standard InChI is InChI=1S/C9H15NO3/c1-12-8(11)9-2-3-13-5-7(9)4-10-6-9/h7,10H,2-6H2,1H3/t7-,9-/m1/s1. The van der Waals surface area contributed by atoms with Crippen molar-refractivity contribution < 1.29 is 14.3 Å². The summed E-state index contributed by atoms with van der Waals surface area (Å²) in [4.78, 5) is 11.7. The SMILES string of the molecule is COC(=O)[C@@]12CCOC[C@H]1CNC2. The first-order valence-electron chi connectivity index (χ1n) is 4.66. The van der Waals surface area contributed by atoms with Crippen LogP contribution in [0.2, 0.25) is 0 Å². The summed E-state index contributed by atoms with van der Waals surface area (Å²) in [6.45, 7) is 2.97. The Bertz CT molecular complexity index is 219. The highest BCUT2D eigenvalue weighted by atomic mass is 16.5. The van der Waals surface area contributed by atoms with E-state index in [1.165, 1.54) is 7.11 Å². The van der Waals surface area contributed by atoms with Gasteiger partial charge in [-0.1, -0.05) is 0 Å². The van der Waals surface area contributed by atoms with Crippen molar-refractivity contribution >= 4 is 5.97 Å². The van der Waals surface area contributed by atoms with E-state index in [0.29, 0.717) is 19.1 Å². The lowest BCUT2D eigenvalue weighted by molar-refractivity contribution is -0.161. The molecule has 74 valence electrons. The Morgan fingerprint density at radius 2 is 2.54 bits per heavy atom. The second-order valence-electron chi connectivity index (χ2n) is 3.80. The lowest BCUT2D eigenvalue weighted by atomic mass is 9.74. The highest BCUT2D eigenvalue weighted by molar-refractivity contribution is 5.78. The van der Waals surface area contributed by atoms with Crippen molar-refractivity contribution in [3.05, 3.63) is 0 Å². The van der Waals surface area contributed by atoms with Crippen LogP contribution in [-0.4, -0.2) is 39.4 Å². The van der Waals surface area contributed by atoms with Crippen LogP contribution in [0.4, 0.5) is 0 Å². The van der Waals surface area contributed by atoms with Gasteiger partial charge < -0.3 is 14.8 Å². The maximum atomic E-state index is 11.7. The van der Waals surface area contributed by atoms with Crippen molar-refractivity contribution in [2.45, 2.75) is 6.42 Å². The molecule has 4 nitrogen and oxygen atoms in total. The molecule has 13 heavy (non-hydrogen) atoms. The van der Waals surface area contributed by atoms with Gasteiger partial charge in [-0.15, -0.1) is 0 Å². The van der Waals surface area contributed by atoms with Crippen LogP contribution in [0.25, 0.3) is 0 Å². The van der Waals surface area contributed by atoms with E-state index >= 15 is 0 Å². The van der Waals surface area contributed by atoms with Gasteiger partial charge >= 0.3 is 5.97 Å². The minimum atomic E-state index is -0.299. The molecule has 2 saturated heterocycles. The summed E-state index contributed by atoms with van der Waals surface area (Å²) >= 11 is 0. The largest absolute Gasteiger partial charge is 0.469 e. The topological polar surface area (TPSA) is 47.6 Å². The fourth-order valence-corrected chi connectivity index (χ4v) is 2.34. The second-order valence-corrected chi connectivity index (χ2v) is 3.80. The number of ether oxygens (including phenoxy) is 2. The highest BCUT2D eigenvalue weighted by Crippen LogP contribution is 2.39. The summed E-state index contributed by atoms with van der Waals surface area (Å²) < 4.78 is 10.2. The monoisotopic (exact) mass is 185 g/mol. The van der Waals surface area contributed by atoms with Crippen LogP contribution in [-0.2, 0) is 14.3 Å². The van der Waals surface area contributed by atoms with Gasteiger partial charge in [-0.2, -0.15) is 0 Å². The van der Waals surface area contributed by atoms with Gasteiger partial charge in [-0.3, -0.25) is 4.79 Å². The number of esters is 1. The Balaban J connectivity index is 2.20. The smallest absolute Gasteiger partial charge is 0.313 e. The number of carbonyl (C=O) groups is 1. The normalized spacial score (nSPS) is 38.4. The van der Waals surface area contributed by atoms with E-state index in [1.54, 1.807) is 0 Å². The minimum absolute atomic E-state index is 0.0780. The average molecular weight is 185 g/mol. The Hall–Kier alpha value is -0.610. The molecule has 2 rings (SSSR count). The number of hydrogen-bond donors (Lipinski definition) is 1. The molecular weight excluding hydrogens is 170 g/mol. The van der Waals surface area contributed by atoms with E-state index in [1.807, 2.05) is 0 Å². The Kier molecular flexibility index (Phi) is 2.26. The predicted molar refractivity (Wildman–Crippen MR) is 46.2 cm³/mol. The third-order valence-corrected chi connectivity index (χ3v) is 3.22. The van der Waals surface area contributed by atoms with Gasteiger partial charge in [0.15, 0.2) is 0 Å². The molecule has 2 aliphatic rings. The molecule has 0 spiro atoms. The predicted octanol–water partition coefficient (Wildman–Crippen LogP) is -0.215. The van der Waals surface area contributed by atoms with Crippen LogP contribution in [0.5, 0.6) is 0 Å². The van der Waals surface area contributed by atoms with Gasteiger partial charge in [0.25, 0.3) is 0 Å². The lowest BCUT2D eigenvalue weighted by Gasteiger charge is -2.35. The van der Waals surface area contributed by atoms with Crippen LogP contribution < -0.4 is 5.32 Å². The summed E-state index contributed by atoms with van der Waals surface area (Å²) in [6.07, 6.45) is 0.789. The molecule has 0 bridgehead atoms. The van der Waals surface area contributed by atoms with Crippen LogP contribution in [0.1, 0.15) is 6.42 Å². The number of fused-ring (bicyclic) bond motifs is 1. The fourth-order valence-electron chi connectivity index (χ4n) is 2.34. The third-order valence-electron chi connectivity index (χ3n) is 3.22. The van der Waals surface area contributed by atoms with E-state index in [-0.39, 0.29) is 11.4 Å². The zero-order valence-electron chi connectivity index (χ0n) is 7.84. The number of methoxy groups -OCH3 is 1. The van der Waals surface area contributed by atoms with Crippen molar-refractivity contribution in [1.82, 2.24) is 5.32 Å². The van der Waals surface area contributed by atoms with Crippen molar-refractivity contribution in [1.29, 1.82) is 0 Å². The van der Waals surface area contributed by atoms with E-state index in [4.69, 9.17) is 9.47 Å². The van der Waals surface area contributed by atoms with Gasteiger partial charge in [-0.25, -0.2) is 0 Å². The fraction of sp³-hybridized carbons (Fsp3) is 0.889. The van der Waals surface area contributed by atoms with E-state index in [9.17, 15) is 4.79 Å². The third kappa shape index (κ3) is 1.25. The molecule has 2 heterocycles. The van der Waals surface area contributed by atoms with Crippen molar-refractivity contribution in [3.8, 4) is 0 Å². The average Bonchev–Trinajstić information content (AvgIpc) is 2.61. The number of nitrogens with one attached hydrogen (secondary N) is 1. The number of carbonyl (C=O) groups excluding carboxylic acids is 1. The summed E-state index contributed by atoms with van der Waals surface area (Å²) in [5.41, 5.74) is -0.299. The van der Waals surface area contributed by atoms with Gasteiger partial charge in [0.05, 0.1) is 19.1 Å². The number of hydrogen-bond acceptors (Lipinski definition) is 4. The molecule has 0 aromatic rings. The van der Waals surface area contributed by atoms with Crippen molar-refractivity contribution in [2.24, 2.45) is 11.3 Å². The van der Waals surface area contributed by atoms with Crippen molar-refractivity contribution in [3.63, 3.8) is 0 Å². The van der Waals surface area contributed by atoms with E-state index in [0.717, 1.165) is 19.5 Å². The summed E-state index contributed by atoms with van der Waals surface area (Å²) in [5.74, 6) is 0.222. The maximum absolute atomic E-state index is 11.7. The molecule has 0 saturated carbocycles. The van der Waals surface area contributed by atoms with Crippen LogP contribution in [0.15, 0.2) is 0 Å². The zero-order chi connectivity index (χ0) is 9.31. The Morgan fingerprint density at radius 1 is 1.69 bits per heavy atom. The van der Waals surface area contributed by atoms with Crippen LogP contribution in [0.3, 0.4) is 0 Å². The van der Waals surface area contributed by atoms with Crippen LogP contribution in [0, 0.1) is 11.3 Å². The summed E-state index contributed by atoms with van der Waals surface area (Å²) in [5, 5.41) is 3.24. The molecule has 0 aliphatic carbocycles. The Morgan fingerprint density at radius 3 is 3.31 bits per heavy atom. The lowest BCUT2D eigenvalue weighted by Crippen LogP contribution is -2.45. The molecule has 2 aliphatic heterocycles. The van der Waals surface area contributed by atoms with E-state index < -0.39 is 0 Å². The molecular formula is C9H15NO3. The quantitative estimate of drug-likeness (QED) is 0.574. The van der Waals surface area contributed by atoms with Gasteiger partial charge in [0.2, 0.25) is 0 Å². The molecule has 0 amide bonds. The molecule has 2 fully saturated rings. The zero-order valence-corrected chi connectivity index (χ0v) is 7.84. The first-order chi connectivity index (χ1) is 6.29. The first-order valence-corrected chi connectivity index (χ1v) is 4.66. The van der Waals surface area contributed by atoms with Gasteiger partial charge in [0, 0.05) is 25.6 Å². The maximum Gasteiger partial charge on any atom is 0.313 e. The van der Waals surface area contributed by atoms with Gasteiger partial charge in [-0.05, 0) is 6.42 Å². The molecule has 0 radical (unpaired) electrons.